The normalized spacial score (nSPS) is 14.3. The molecular formula is C28H30FN3O3. The van der Waals surface area contributed by atoms with E-state index in [1.807, 2.05) is 12.1 Å². The van der Waals surface area contributed by atoms with Crippen molar-refractivity contribution in [2.75, 3.05) is 16.0 Å². The molecule has 0 heterocycles. The zero-order valence-electron chi connectivity index (χ0n) is 19.7. The van der Waals surface area contributed by atoms with E-state index in [9.17, 15) is 19.1 Å². The fraction of sp³-hybridized carbons (Fsp3) is 0.286. The first kappa shape index (κ1) is 24.3. The zero-order chi connectivity index (χ0) is 24.8. The van der Waals surface area contributed by atoms with Crippen molar-refractivity contribution in [3.05, 3.63) is 78.1 Å². The van der Waals surface area contributed by atoms with Crippen molar-refractivity contribution in [3.8, 4) is 11.1 Å². The first-order valence-corrected chi connectivity index (χ1v) is 12.0. The Morgan fingerprint density at radius 3 is 2.34 bits per heavy atom. The van der Waals surface area contributed by atoms with E-state index >= 15 is 0 Å². The van der Waals surface area contributed by atoms with Crippen LogP contribution in [0.15, 0.2) is 66.7 Å². The van der Waals surface area contributed by atoms with Crippen LogP contribution >= 0.6 is 0 Å². The summed E-state index contributed by atoms with van der Waals surface area (Å²) >= 11 is 0. The van der Waals surface area contributed by atoms with Crippen molar-refractivity contribution in [1.29, 1.82) is 0 Å². The molecule has 182 valence electrons. The van der Waals surface area contributed by atoms with E-state index in [-0.39, 0.29) is 17.3 Å². The van der Waals surface area contributed by atoms with Gasteiger partial charge in [-0.15, -0.1) is 0 Å². The largest absolute Gasteiger partial charge is 0.478 e. The summed E-state index contributed by atoms with van der Waals surface area (Å²) in [6, 6.07) is 17.8. The van der Waals surface area contributed by atoms with Crippen molar-refractivity contribution < 1.29 is 19.1 Å². The molecule has 0 saturated heterocycles. The van der Waals surface area contributed by atoms with Gasteiger partial charge in [-0.25, -0.2) is 14.0 Å². The first-order valence-electron chi connectivity index (χ1n) is 12.0. The third kappa shape index (κ3) is 5.80. The summed E-state index contributed by atoms with van der Waals surface area (Å²) in [5, 5.41) is 18.6. The summed E-state index contributed by atoms with van der Waals surface area (Å²) < 4.78 is 14.1. The Hall–Kier alpha value is -3.87. The molecule has 0 spiro atoms. The molecule has 1 fully saturated rings. The highest BCUT2D eigenvalue weighted by Gasteiger charge is 2.25. The minimum absolute atomic E-state index is 0.0734. The summed E-state index contributed by atoms with van der Waals surface area (Å²) in [5.74, 6) is -0.994. The lowest BCUT2D eigenvalue weighted by molar-refractivity contribution is 0.0697. The molecule has 3 aromatic rings. The molecule has 35 heavy (non-hydrogen) atoms. The fourth-order valence-corrected chi connectivity index (χ4v) is 4.81. The van der Waals surface area contributed by atoms with Crippen molar-refractivity contribution >= 4 is 29.1 Å². The molecule has 0 aromatic heterocycles. The van der Waals surface area contributed by atoms with Gasteiger partial charge in [0.15, 0.2) is 0 Å². The van der Waals surface area contributed by atoms with Crippen molar-refractivity contribution in [3.63, 3.8) is 0 Å². The number of nitrogens with one attached hydrogen (secondary N) is 3. The van der Waals surface area contributed by atoms with Crippen LogP contribution in [0.25, 0.3) is 11.1 Å². The van der Waals surface area contributed by atoms with Gasteiger partial charge >= 0.3 is 12.0 Å². The molecule has 4 rings (SSSR count). The number of halogens is 1. The van der Waals surface area contributed by atoms with Crippen molar-refractivity contribution in [2.24, 2.45) is 5.92 Å². The van der Waals surface area contributed by atoms with E-state index in [0.717, 1.165) is 12.1 Å². The molecule has 6 nitrogen and oxygen atoms in total. The quantitative estimate of drug-likeness (QED) is 0.277. The average molecular weight is 476 g/mol. The third-order valence-electron chi connectivity index (χ3n) is 6.61. The lowest BCUT2D eigenvalue weighted by Gasteiger charge is -2.26. The molecule has 0 bridgehead atoms. The summed E-state index contributed by atoms with van der Waals surface area (Å²) in [5.41, 5.74) is 2.68. The maximum atomic E-state index is 14.1. The maximum absolute atomic E-state index is 14.1. The molecule has 4 N–H and O–H groups in total. The summed E-state index contributed by atoms with van der Waals surface area (Å²) in [6.07, 6.45) is 5.74. The number of benzene rings is 3. The number of anilines is 3. The van der Waals surface area contributed by atoms with Gasteiger partial charge in [0.05, 0.1) is 22.6 Å². The number of amides is 2. The van der Waals surface area contributed by atoms with Gasteiger partial charge in [-0.2, -0.15) is 0 Å². The van der Waals surface area contributed by atoms with Crippen LogP contribution in [0.5, 0.6) is 0 Å². The van der Waals surface area contributed by atoms with Gasteiger partial charge in [0, 0.05) is 6.04 Å². The topological polar surface area (TPSA) is 90.5 Å². The number of carboxylic acid groups (broad SMARTS) is 1. The number of hydrogen-bond acceptors (Lipinski definition) is 3. The highest BCUT2D eigenvalue weighted by atomic mass is 19.1. The van der Waals surface area contributed by atoms with Crippen molar-refractivity contribution in [2.45, 2.75) is 45.1 Å². The molecule has 1 aliphatic rings. The lowest BCUT2D eigenvalue weighted by atomic mass is 9.95. The number of carbonyl (C=O) groups excluding carboxylic acids is 1. The molecular weight excluding hydrogens is 445 g/mol. The van der Waals surface area contributed by atoms with E-state index < -0.39 is 17.8 Å². The number of rotatable bonds is 8. The molecule has 0 radical (unpaired) electrons. The third-order valence-corrected chi connectivity index (χ3v) is 6.61. The Morgan fingerprint density at radius 1 is 0.943 bits per heavy atom. The monoisotopic (exact) mass is 475 g/mol. The first-order chi connectivity index (χ1) is 17.0. The number of urea groups is 1. The summed E-state index contributed by atoms with van der Waals surface area (Å²) in [4.78, 5) is 24.6. The van der Waals surface area contributed by atoms with Crippen LogP contribution in [0.3, 0.4) is 0 Å². The standard InChI is InChI=1S/C28H30FN3O3/c1-2-23(18-9-3-4-10-18)30-25-16-15-19(20-11-5-6-12-21(20)27(33)34)17-26(25)32-28(35)31-24-14-8-7-13-22(24)29/h5-8,11-18,23,30H,2-4,9-10H2,1H3,(H,33,34)(H2,31,32,35). The molecule has 1 saturated carbocycles. The van der Waals surface area contributed by atoms with Crippen LogP contribution in [0.2, 0.25) is 0 Å². The van der Waals surface area contributed by atoms with Crippen LogP contribution in [0.1, 0.15) is 49.4 Å². The van der Waals surface area contributed by atoms with Crippen LogP contribution in [-0.2, 0) is 0 Å². The number of para-hydroxylation sites is 1. The second-order valence-corrected chi connectivity index (χ2v) is 8.87. The molecule has 1 unspecified atom stereocenters. The SMILES string of the molecule is CCC(Nc1ccc(-c2ccccc2C(=O)O)cc1NC(=O)Nc1ccccc1F)C1CCCC1. The van der Waals surface area contributed by atoms with Gasteiger partial charge in [-0.05, 0) is 66.6 Å². The number of carbonyl (C=O) groups is 2. The Kier molecular flexibility index (Phi) is 7.65. The maximum Gasteiger partial charge on any atom is 0.336 e. The van der Waals surface area contributed by atoms with E-state index in [0.29, 0.717) is 22.7 Å². The number of aromatic carboxylic acids is 1. The Morgan fingerprint density at radius 2 is 1.63 bits per heavy atom. The van der Waals surface area contributed by atoms with Gasteiger partial charge < -0.3 is 21.1 Å². The van der Waals surface area contributed by atoms with E-state index in [2.05, 4.69) is 22.9 Å². The van der Waals surface area contributed by atoms with Crippen LogP contribution in [0.4, 0.5) is 26.2 Å². The fourth-order valence-electron chi connectivity index (χ4n) is 4.81. The highest BCUT2D eigenvalue weighted by Crippen LogP contribution is 2.35. The van der Waals surface area contributed by atoms with E-state index in [4.69, 9.17) is 0 Å². The molecule has 3 aromatic carbocycles. The zero-order valence-corrected chi connectivity index (χ0v) is 19.7. The second-order valence-electron chi connectivity index (χ2n) is 8.87. The smallest absolute Gasteiger partial charge is 0.336 e. The second kappa shape index (κ2) is 11.0. The van der Waals surface area contributed by atoms with Crippen LogP contribution in [-0.4, -0.2) is 23.1 Å². The van der Waals surface area contributed by atoms with Gasteiger partial charge in [0.2, 0.25) is 0 Å². The molecule has 2 amide bonds. The Balaban J connectivity index is 1.67. The summed E-state index contributed by atoms with van der Waals surface area (Å²) in [6.45, 7) is 2.14. The average Bonchev–Trinajstić information content (AvgIpc) is 3.39. The molecule has 7 heteroatoms. The van der Waals surface area contributed by atoms with E-state index in [1.165, 1.54) is 37.8 Å². The predicted octanol–water partition coefficient (Wildman–Crippen LogP) is 7.22. The minimum atomic E-state index is -1.03. The number of carboxylic acids is 1. The lowest BCUT2D eigenvalue weighted by Crippen LogP contribution is -2.28. The molecule has 1 atom stereocenters. The van der Waals surface area contributed by atoms with Crippen LogP contribution < -0.4 is 16.0 Å². The number of hydrogen-bond donors (Lipinski definition) is 4. The summed E-state index contributed by atoms with van der Waals surface area (Å²) in [7, 11) is 0. The Labute approximate surface area is 204 Å². The highest BCUT2D eigenvalue weighted by molar-refractivity contribution is 6.03. The van der Waals surface area contributed by atoms with Gasteiger partial charge in [-0.3, -0.25) is 0 Å². The van der Waals surface area contributed by atoms with Gasteiger partial charge in [0.1, 0.15) is 5.82 Å². The van der Waals surface area contributed by atoms with Crippen molar-refractivity contribution in [1.82, 2.24) is 0 Å². The van der Waals surface area contributed by atoms with Gasteiger partial charge in [0.25, 0.3) is 0 Å². The Bertz CT molecular complexity index is 1210. The predicted molar refractivity (Wildman–Crippen MR) is 138 cm³/mol. The van der Waals surface area contributed by atoms with Gasteiger partial charge in [-0.1, -0.05) is 56.2 Å². The van der Waals surface area contributed by atoms with Crippen LogP contribution in [0, 0.1) is 11.7 Å². The van der Waals surface area contributed by atoms with E-state index in [1.54, 1.807) is 42.5 Å². The molecule has 0 aliphatic heterocycles. The molecule has 1 aliphatic carbocycles. The minimum Gasteiger partial charge on any atom is -0.478 e.